The predicted molar refractivity (Wildman–Crippen MR) is 72.0 cm³/mol. The van der Waals surface area contributed by atoms with Crippen LogP contribution in [0.5, 0.6) is 0 Å². The van der Waals surface area contributed by atoms with Crippen molar-refractivity contribution >= 4 is 27.7 Å². The van der Waals surface area contributed by atoms with E-state index in [1.54, 1.807) is 0 Å². The molecule has 1 saturated carbocycles. The van der Waals surface area contributed by atoms with Gasteiger partial charge in [-0.25, -0.2) is 0 Å². The minimum Gasteiger partial charge on any atom is -0.352 e. The minimum absolute atomic E-state index is 0.0614. The zero-order valence-electron chi connectivity index (χ0n) is 9.91. The van der Waals surface area contributed by atoms with Crippen molar-refractivity contribution < 1.29 is 9.59 Å². The molecule has 18 heavy (non-hydrogen) atoms. The van der Waals surface area contributed by atoms with Crippen LogP contribution in [0.3, 0.4) is 0 Å². The molecule has 0 atom stereocenters. The van der Waals surface area contributed by atoms with Gasteiger partial charge >= 0.3 is 0 Å². The summed E-state index contributed by atoms with van der Waals surface area (Å²) in [5.74, 6) is -0.245. The van der Waals surface area contributed by atoms with E-state index in [4.69, 9.17) is 0 Å². The maximum Gasteiger partial charge on any atom is 0.239 e. The monoisotopic (exact) mass is 310 g/mol. The molecule has 1 aromatic carbocycles. The fraction of sp³-hybridized carbons (Fsp3) is 0.385. The van der Waals surface area contributed by atoms with Gasteiger partial charge < -0.3 is 10.6 Å². The Morgan fingerprint density at radius 1 is 1.17 bits per heavy atom. The lowest BCUT2D eigenvalue weighted by Gasteiger charge is -2.06. The average molecular weight is 311 g/mol. The number of benzene rings is 1. The van der Waals surface area contributed by atoms with E-state index in [2.05, 4.69) is 26.6 Å². The lowest BCUT2D eigenvalue weighted by molar-refractivity contribution is -0.125. The maximum atomic E-state index is 11.6. The van der Waals surface area contributed by atoms with Gasteiger partial charge in [-0.3, -0.25) is 9.59 Å². The van der Waals surface area contributed by atoms with E-state index in [1.807, 2.05) is 24.3 Å². The third kappa shape index (κ3) is 4.49. The van der Waals surface area contributed by atoms with Crippen molar-refractivity contribution in [2.45, 2.75) is 25.3 Å². The number of carbonyl (C=O) groups excluding carboxylic acids is 2. The number of nitrogens with one attached hydrogen (secondary N) is 2. The summed E-state index contributed by atoms with van der Waals surface area (Å²) in [5.41, 5.74) is 0.929. The lowest BCUT2D eigenvalue weighted by atomic mass is 10.1. The Bertz CT molecular complexity index is 441. The molecule has 0 heterocycles. The molecule has 1 fully saturated rings. The van der Waals surface area contributed by atoms with Gasteiger partial charge in [-0.15, -0.1) is 0 Å². The highest BCUT2D eigenvalue weighted by Gasteiger charge is 2.23. The standard InChI is InChI=1S/C13H15BrN2O2/c14-10-3-1-9(2-4-10)7-12(17)15-8-13(18)16-11-5-6-11/h1-4,11H,5-8H2,(H,15,17)(H,16,18). The first-order valence-corrected chi connectivity index (χ1v) is 6.73. The molecule has 0 saturated heterocycles. The van der Waals surface area contributed by atoms with Crippen molar-refractivity contribution in [3.05, 3.63) is 34.3 Å². The van der Waals surface area contributed by atoms with Crippen LogP contribution in [0.25, 0.3) is 0 Å². The number of hydrogen-bond acceptors (Lipinski definition) is 2. The highest BCUT2D eigenvalue weighted by atomic mass is 79.9. The van der Waals surface area contributed by atoms with Crippen LogP contribution in [0, 0.1) is 0 Å². The summed E-state index contributed by atoms with van der Waals surface area (Å²) < 4.78 is 0.982. The molecule has 1 aromatic rings. The number of rotatable bonds is 5. The van der Waals surface area contributed by atoms with Crippen molar-refractivity contribution in [1.29, 1.82) is 0 Å². The highest BCUT2D eigenvalue weighted by Crippen LogP contribution is 2.18. The molecule has 0 spiro atoms. The summed E-state index contributed by atoms with van der Waals surface area (Å²) in [6, 6.07) is 7.88. The van der Waals surface area contributed by atoms with Crippen LogP contribution in [0.1, 0.15) is 18.4 Å². The largest absolute Gasteiger partial charge is 0.352 e. The van der Waals surface area contributed by atoms with Gasteiger partial charge in [0.1, 0.15) is 0 Å². The zero-order chi connectivity index (χ0) is 13.0. The average Bonchev–Trinajstić information content (AvgIpc) is 3.13. The number of hydrogen-bond donors (Lipinski definition) is 2. The van der Waals surface area contributed by atoms with E-state index in [-0.39, 0.29) is 18.4 Å². The second kappa shape index (κ2) is 6.00. The van der Waals surface area contributed by atoms with Gasteiger partial charge in [0.15, 0.2) is 0 Å². The molecule has 0 bridgehead atoms. The smallest absolute Gasteiger partial charge is 0.239 e. The predicted octanol–water partition coefficient (Wildman–Crippen LogP) is 1.39. The van der Waals surface area contributed by atoms with E-state index >= 15 is 0 Å². The number of amides is 2. The van der Waals surface area contributed by atoms with Gasteiger partial charge in [-0.2, -0.15) is 0 Å². The molecular formula is C13H15BrN2O2. The summed E-state index contributed by atoms with van der Waals surface area (Å²) in [4.78, 5) is 23.0. The van der Waals surface area contributed by atoms with E-state index < -0.39 is 0 Å². The van der Waals surface area contributed by atoms with Crippen LogP contribution in [0.15, 0.2) is 28.7 Å². The van der Waals surface area contributed by atoms with E-state index in [9.17, 15) is 9.59 Å². The molecule has 2 rings (SSSR count). The van der Waals surface area contributed by atoms with Crippen molar-refractivity contribution in [1.82, 2.24) is 10.6 Å². The van der Waals surface area contributed by atoms with Crippen molar-refractivity contribution in [3.8, 4) is 0 Å². The summed E-state index contributed by atoms with van der Waals surface area (Å²) >= 11 is 3.34. The second-order valence-electron chi connectivity index (χ2n) is 4.42. The Kier molecular flexibility index (Phi) is 4.36. The van der Waals surface area contributed by atoms with E-state index in [0.29, 0.717) is 12.5 Å². The Morgan fingerprint density at radius 2 is 1.83 bits per heavy atom. The quantitative estimate of drug-likeness (QED) is 0.863. The Balaban J connectivity index is 1.70. The van der Waals surface area contributed by atoms with Crippen molar-refractivity contribution in [3.63, 3.8) is 0 Å². The first-order valence-electron chi connectivity index (χ1n) is 5.94. The summed E-state index contributed by atoms with van der Waals surface area (Å²) in [6.07, 6.45) is 2.40. The molecule has 2 N–H and O–H groups in total. The first kappa shape index (κ1) is 13.1. The molecule has 4 nitrogen and oxygen atoms in total. The highest BCUT2D eigenvalue weighted by molar-refractivity contribution is 9.10. The van der Waals surface area contributed by atoms with Crippen LogP contribution in [0.2, 0.25) is 0 Å². The molecule has 0 aliphatic heterocycles. The van der Waals surface area contributed by atoms with Gasteiger partial charge in [0.2, 0.25) is 11.8 Å². The van der Waals surface area contributed by atoms with Crippen LogP contribution in [0.4, 0.5) is 0 Å². The van der Waals surface area contributed by atoms with E-state index in [0.717, 1.165) is 22.9 Å². The zero-order valence-corrected chi connectivity index (χ0v) is 11.5. The fourth-order valence-corrected chi connectivity index (χ4v) is 1.80. The molecule has 0 radical (unpaired) electrons. The molecule has 96 valence electrons. The molecule has 0 aromatic heterocycles. The summed E-state index contributed by atoms with van der Waals surface area (Å²) in [5, 5.41) is 5.44. The second-order valence-corrected chi connectivity index (χ2v) is 5.34. The normalized spacial score (nSPS) is 14.1. The first-order chi connectivity index (χ1) is 8.63. The van der Waals surface area contributed by atoms with Crippen LogP contribution < -0.4 is 10.6 Å². The maximum absolute atomic E-state index is 11.6. The van der Waals surface area contributed by atoms with E-state index in [1.165, 1.54) is 0 Å². The molecule has 0 unspecified atom stereocenters. The van der Waals surface area contributed by atoms with Gasteiger partial charge in [-0.1, -0.05) is 28.1 Å². The van der Waals surface area contributed by atoms with Crippen molar-refractivity contribution in [2.75, 3.05) is 6.54 Å². The summed E-state index contributed by atoms with van der Waals surface area (Å²) in [7, 11) is 0. The molecule has 5 heteroatoms. The Labute approximate surface area is 114 Å². The van der Waals surface area contributed by atoms with Crippen LogP contribution in [-0.4, -0.2) is 24.4 Å². The minimum atomic E-state index is -0.136. The van der Waals surface area contributed by atoms with Crippen LogP contribution in [-0.2, 0) is 16.0 Å². The topological polar surface area (TPSA) is 58.2 Å². The van der Waals surface area contributed by atoms with Gasteiger partial charge in [0.05, 0.1) is 13.0 Å². The third-order valence-electron chi connectivity index (χ3n) is 2.67. The molecular weight excluding hydrogens is 296 g/mol. The Morgan fingerprint density at radius 3 is 2.44 bits per heavy atom. The molecule has 1 aliphatic carbocycles. The number of halogens is 1. The fourth-order valence-electron chi connectivity index (χ4n) is 1.54. The van der Waals surface area contributed by atoms with Gasteiger partial charge in [0, 0.05) is 10.5 Å². The SMILES string of the molecule is O=C(Cc1ccc(Br)cc1)NCC(=O)NC1CC1. The lowest BCUT2D eigenvalue weighted by Crippen LogP contribution is -2.38. The van der Waals surface area contributed by atoms with Gasteiger partial charge in [0.25, 0.3) is 0 Å². The molecule has 2 amide bonds. The third-order valence-corrected chi connectivity index (χ3v) is 3.20. The van der Waals surface area contributed by atoms with Crippen LogP contribution >= 0.6 is 15.9 Å². The van der Waals surface area contributed by atoms with Crippen molar-refractivity contribution in [2.24, 2.45) is 0 Å². The van der Waals surface area contributed by atoms with Gasteiger partial charge in [-0.05, 0) is 30.5 Å². The number of carbonyl (C=O) groups is 2. The molecule has 1 aliphatic rings. The Hall–Kier alpha value is -1.36. The summed E-state index contributed by atoms with van der Waals surface area (Å²) in [6.45, 7) is 0.0614.